The molecule has 1 heterocycles. The number of hydrogen-bond donors (Lipinski definition) is 0. The molecule has 0 spiro atoms. The first-order valence-corrected chi connectivity index (χ1v) is 8.07. The van der Waals surface area contributed by atoms with Crippen molar-refractivity contribution in [3.05, 3.63) is 74.5 Å². The van der Waals surface area contributed by atoms with Gasteiger partial charge in [0.05, 0.1) is 22.5 Å². The quantitative estimate of drug-likeness (QED) is 0.506. The second kappa shape index (κ2) is 7.02. The van der Waals surface area contributed by atoms with E-state index in [0.717, 1.165) is 16.2 Å². The van der Waals surface area contributed by atoms with E-state index in [9.17, 15) is 24.1 Å². The molecule has 1 aromatic heterocycles. The van der Waals surface area contributed by atoms with Crippen molar-refractivity contribution in [2.45, 2.75) is 19.5 Å². The summed E-state index contributed by atoms with van der Waals surface area (Å²) in [6.07, 6.45) is 0. The lowest BCUT2D eigenvalue weighted by molar-refractivity contribution is -0.384. The molecular weight excluding hydrogens is 357 g/mol. The van der Waals surface area contributed by atoms with Crippen LogP contribution in [0.4, 0.5) is 10.1 Å². The highest BCUT2D eigenvalue weighted by atomic mass is 19.1. The highest BCUT2D eigenvalue weighted by Crippen LogP contribution is 2.22. The average Bonchev–Trinajstić information content (AvgIpc) is 2.95. The van der Waals surface area contributed by atoms with Gasteiger partial charge in [0.1, 0.15) is 12.4 Å². The maximum atomic E-state index is 13.1. The lowest BCUT2D eigenvalue weighted by Gasteiger charge is -2.25. The Balaban J connectivity index is 1.84. The average molecular weight is 373 g/mol. The van der Waals surface area contributed by atoms with Gasteiger partial charge in [0, 0.05) is 13.1 Å². The van der Waals surface area contributed by atoms with E-state index < -0.39 is 10.7 Å². The number of nitro benzene ring substituents is 1. The predicted octanol–water partition coefficient (Wildman–Crippen LogP) is 2.86. The Hall–Kier alpha value is -3.49. The van der Waals surface area contributed by atoms with Gasteiger partial charge >= 0.3 is 5.76 Å². The Morgan fingerprint density at radius 2 is 1.96 bits per heavy atom. The van der Waals surface area contributed by atoms with Crippen LogP contribution in [0, 0.1) is 15.9 Å². The van der Waals surface area contributed by atoms with E-state index in [4.69, 9.17) is 4.42 Å². The number of likely N-dealkylation sites (N-methyl/N-ethyl adjacent to an activating group) is 1. The molecule has 0 radical (unpaired) electrons. The molecule has 3 rings (SSSR count). The third kappa shape index (κ3) is 3.57. The SMILES string of the molecule is CC(c1ccc(F)cc1)N(C)C(=O)Cn1c(=O)oc2cc([N+](=O)[O-])ccc21. The minimum atomic E-state index is -0.776. The van der Waals surface area contributed by atoms with Crippen molar-refractivity contribution in [3.8, 4) is 0 Å². The maximum Gasteiger partial charge on any atom is 0.420 e. The Morgan fingerprint density at radius 1 is 1.30 bits per heavy atom. The van der Waals surface area contributed by atoms with Gasteiger partial charge in [0.15, 0.2) is 5.58 Å². The first-order chi connectivity index (χ1) is 12.8. The predicted molar refractivity (Wildman–Crippen MR) is 94.7 cm³/mol. The van der Waals surface area contributed by atoms with Crippen molar-refractivity contribution in [1.29, 1.82) is 0 Å². The third-order valence-electron chi connectivity index (χ3n) is 4.48. The number of hydrogen-bond acceptors (Lipinski definition) is 5. The standard InChI is InChI=1S/C18H16FN3O5/c1-11(12-3-5-13(19)6-4-12)20(2)17(23)10-21-15-8-7-14(22(25)26)9-16(15)27-18(21)24/h3-9,11H,10H2,1-2H3. The van der Waals surface area contributed by atoms with Crippen molar-refractivity contribution in [3.63, 3.8) is 0 Å². The number of non-ortho nitro benzene ring substituents is 1. The first-order valence-electron chi connectivity index (χ1n) is 8.07. The van der Waals surface area contributed by atoms with E-state index in [0.29, 0.717) is 5.52 Å². The van der Waals surface area contributed by atoms with E-state index in [1.165, 1.54) is 29.2 Å². The van der Waals surface area contributed by atoms with Crippen molar-refractivity contribution in [1.82, 2.24) is 9.47 Å². The van der Waals surface area contributed by atoms with Crippen LogP contribution in [0.1, 0.15) is 18.5 Å². The smallest absolute Gasteiger partial charge is 0.407 e. The summed E-state index contributed by atoms with van der Waals surface area (Å²) in [5, 5.41) is 10.8. The number of fused-ring (bicyclic) bond motifs is 1. The number of oxazole rings is 1. The van der Waals surface area contributed by atoms with Crippen LogP contribution in [0.15, 0.2) is 51.7 Å². The van der Waals surface area contributed by atoms with Crippen LogP contribution in [-0.2, 0) is 11.3 Å². The summed E-state index contributed by atoms with van der Waals surface area (Å²) < 4.78 is 19.2. The monoisotopic (exact) mass is 373 g/mol. The molecule has 0 aliphatic heterocycles. The first kappa shape index (κ1) is 18.3. The molecular formula is C18H16FN3O5. The van der Waals surface area contributed by atoms with Gasteiger partial charge in [-0.3, -0.25) is 19.5 Å². The second-order valence-electron chi connectivity index (χ2n) is 6.10. The molecule has 27 heavy (non-hydrogen) atoms. The fraction of sp³-hybridized carbons (Fsp3) is 0.222. The molecule has 9 heteroatoms. The van der Waals surface area contributed by atoms with Crippen LogP contribution >= 0.6 is 0 Å². The molecule has 1 atom stereocenters. The molecule has 8 nitrogen and oxygen atoms in total. The van der Waals surface area contributed by atoms with E-state index in [1.807, 2.05) is 0 Å². The molecule has 0 bridgehead atoms. The zero-order valence-electron chi connectivity index (χ0n) is 14.6. The van der Waals surface area contributed by atoms with Crippen LogP contribution < -0.4 is 5.76 Å². The normalized spacial score (nSPS) is 12.1. The van der Waals surface area contributed by atoms with Gasteiger partial charge in [-0.15, -0.1) is 0 Å². The van der Waals surface area contributed by atoms with Gasteiger partial charge < -0.3 is 9.32 Å². The second-order valence-corrected chi connectivity index (χ2v) is 6.10. The van der Waals surface area contributed by atoms with Crippen LogP contribution in [0.5, 0.6) is 0 Å². The van der Waals surface area contributed by atoms with Gasteiger partial charge in [0.25, 0.3) is 5.69 Å². The molecule has 0 fully saturated rings. The van der Waals surface area contributed by atoms with E-state index >= 15 is 0 Å². The summed E-state index contributed by atoms with van der Waals surface area (Å²) in [6.45, 7) is 1.50. The molecule has 140 valence electrons. The highest BCUT2D eigenvalue weighted by molar-refractivity contribution is 5.80. The van der Waals surface area contributed by atoms with Gasteiger partial charge in [-0.25, -0.2) is 9.18 Å². The van der Waals surface area contributed by atoms with Crippen LogP contribution in [0.2, 0.25) is 0 Å². The topological polar surface area (TPSA) is 98.6 Å². The molecule has 1 amide bonds. The summed E-state index contributed by atoms with van der Waals surface area (Å²) in [6, 6.07) is 9.20. The Bertz CT molecular complexity index is 1070. The van der Waals surface area contributed by atoms with Gasteiger partial charge in [-0.2, -0.15) is 0 Å². The number of nitro groups is 1. The van der Waals surface area contributed by atoms with E-state index in [2.05, 4.69) is 0 Å². The molecule has 0 saturated heterocycles. The van der Waals surface area contributed by atoms with Crippen molar-refractivity contribution < 1.29 is 18.5 Å². The lowest BCUT2D eigenvalue weighted by atomic mass is 10.1. The molecule has 0 aliphatic carbocycles. The number of aromatic nitrogens is 1. The molecule has 0 aliphatic rings. The van der Waals surface area contributed by atoms with E-state index in [-0.39, 0.29) is 35.6 Å². The van der Waals surface area contributed by atoms with Crippen molar-refractivity contribution in [2.24, 2.45) is 0 Å². The molecule has 0 saturated carbocycles. The molecule has 1 unspecified atom stereocenters. The minimum Gasteiger partial charge on any atom is -0.407 e. The Morgan fingerprint density at radius 3 is 2.59 bits per heavy atom. The summed E-state index contributed by atoms with van der Waals surface area (Å²) in [5.74, 6) is -1.51. The zero-order chi connectivity index (χ0) is 19.7. The number of amides is 1. The number of nitrogens with zero attached hydrogens (tertiary/aromatic N) is 3. The number of carbonyl (C=O) groups excluding carboxylic acids is 1. The van der Waals surface area contributed by atoms with Gasteiger partial charge in [-0.1, -0.05) is 12.1 Å². The van der Waals surface area contributed by atoms with Crippen LogP contribution in [0.3, 0.4) is 0 Å². The van der Waals surface area contributed by atoms with E-state index in [1.54, 1.807) is 26.1 Å². The summed E-state index contributed by atoms with van der Waals surface area (Å²) in [4.78, 5) is 36.3. The van der Waals surface area contributed by atoms with Gasteiger partial charge in [-0.05, 0) is 30.7 Å². The number of halogens is 1. The summed E-state index contributed by atoms with van der Waals surface area (Å²) >= 11 is 0. The summed E-state index contributed by atoms with van der Waals surface area (Å²) in [5.41, 5.74) is 0.863. The van der Waals surface area contributed by atoms with Crippen molar-refractivity contribution in [2.75, 3.05) is 7.05 Å². The van der Waals surface area contributed by atoms with Crippen molar-refractivity contribution >= 4 is 22.7 Å². The number of benzene rings is 2. The fourth-order valence-electron chi connectivity index (χ4n) is 2.75. The molecule has 2 aromatic carbocycles. The maximum absolute atomic E-state index is 13.1. The number of carbonyl (C=O) groups is 1. The lowest BCUT2D eigenvalue weighted by Crippen LogP contribution is -2.34. The Kier molecular flexibility index (Phi) is 4.76. The van der Waals surface area contributed by atoms with Crippen LogP contribution in [-0.4, -0.2) is 27.3 Å². The third-order valence-corrected chi connectivity index (χ3v) is 4.48. The largest absolute Gasteiger partial charge is 0.420 e. The number of rotatable bonds is 5. The summed E-state index contributed by atoms with van der Waals surface area (Å²) in [7, 11) is 1.58. The zero-order valence-corrected chi connectivity index (χ0v) is 14.6. The Labute approximate surface area is 152 Å². The van der Waals surface area contributed by atoms with Gasteiger partial charge in [0.2, 0.25) is 5.91 Å². The fourth-order valence-corrected chi connectivity index (χ4v) is 2.75. The van der Waals surface area contributed by atoms with Crippen LogP contribution in [0.25, 0.3) is 11.1 Å². The molecule has 3 aromatic rings. The minimum absolute atomic E-state index is 0.0382. The molecule has 0 N–H and O–H groups in total. The highest BCUT2D eigenvalue weighted by Gasteiger charge is 2.21.